The Morgan fingerprint density at radius 2 is 0.909 bits per heavy atom. The van der Waals surface area contributed by atoms with Gasteiger partial charge in [0.2, 0.25) is 0 Å². The molecule has 2 heterocycles. The van der Waals surface area contributed by atoms with Crippen molar-refractivity contribution in [2.24, 2.45) is 0 Å². The number of anilines is 6. The summed E-state index contributed by atoms with van der Waals surface area (Å²) in [5.74, 6) is 0. The van der Waals surface area contributed by atoms with E-state index in [1.165, 1.54) is 5.56 Å². The highest BCUT2D eigenvalue weighted by Crippen LogP contribution is 2.52. The van der Waals surface area contributed by atoms with Gasteiger partial charge >= 0.3 is 0 Å². The van der Waals surface area contributed by atoms with Crippen molar-refractivity contribution in [3.05, 3.63) is 223 Å². The highest BCUT2D eigenvalue weighted by atomic mass is 15.2. The zero-order chi connectivity index (χ0) is 54.0. The Morgan fingerprint density at radius 3 is 1.47 bits per heavy atom. The summed E-state index contributed by atoms with van der Waals surface area (Å²) in [5.41, 5.74) is 16.2. The lowest BCUT2D eigenvalue weighted by atomic mass is 9.33. The second kappa shape index (κ2) is 16.0. The fourth-order valence-electron chi connectivity index (χ4n) is 9.84. The van der Waals surface area contributed by atoms with Crippen LogP contribution in [-0.4, -0.2) is 6.71 Å². The van der Waals surface area contributed by atoms with E-state index in [2.05, 4.69) is 149 Å². The minimum Gasteiger partial charge on any atom is -0.311 e. The Balaban J connectivity index is 1.29. The molecule has 2 nitrogen and oxygen atoms in total. The first-order valence-electron chi connectivity index (χ1n) is 27.6. The van der Waals surface area contributed by atoms with Crippen LogP contribution >= 0.6 is 0 Å². The third-order valence-corrected chi connectivity index (χ3v) is 13.1. The van der Waals surface area contributed by atoms with Crippen LogP contribution in [0.2, 0.25) is 0 Å². The van der Waals surface area contributed by atoms with Crippen LogP contribution < -0.4 is 26.2 Å². The van der Waals surface area contributed by atoms with E-state index in [1.807, 2.05) is 48.5 Å². The molecule has 3 heteroatoms. The van der Waals surface area contributed by atoms with E-state index in [0.717, 1.165) is 72.5 Å². The molecule has 0 unspecified atom stereocenters. The van der Waals surface area contributed by atoms with Crippen molar-refractivity contribution >= 4 is 57.2 Å². The largest absolute Gasteiger partial charge is 0.311 e. The summed E-state index contributed by atoms with van der Waals surface area (Å²) in [6.07, 6.45) is 0. The molecule has 320 valence electrons. The quantitative estimate of drug-likeness (QED) is 0.154. The average molecular weight is 861 g/mol. The van der Waals surface area contributed by atoms with Gasteiger partial charge in [-0.25, -0.2) is 0 Å². The lowest BCUT2D eigenvalue weighted by molar-refractivity contribution is 0.590. The number of hydrogen-bond donors (Lipinski definition) is 0. The number of rotatable bonds is 6. The predicted molar refractivity (Wildman–Crippen MR) is 284 cm³/mol. The van der Waals surface area contributed by atoms with Crippen LogP contribution in [0.15, 0.2) is 206 Å². The maximum Gasteiger partial charge on any atom is 0.252 e. The first kappa shape index (κ1) is 31.5. The van der Waals surface area contributed by atoms with Crippen molar-refractivity contribution < 1.29 is 13.7 Å². The topological polar surface area (TPSA) is 6.48 Å². The van der Waals surface area contributed by atoms with Crippen LogP contribution in [0.1, 0.15) is 71.9 Å². The smallest absolute Gasteiger partial charge is 0.252 e. The van der Waals surface area contributed by atoms with Crippen LogP contribution in [0.5, 0.6) is 0 Å². The predicted octanol–water partition coefficient (Wildman–Crippen LogP) is 15.3. The monoisotopic (exact) mass is 861 g/mol. The van der Waals surface area contributed by atoms with Crippen LogP contribution in [0.3, 0.4) is 0 Å². The van der Waals surface area contributed by atoms with Gasteiger partial charge in [0.15, 0.2) is 0 Å². The van der Waals surface area contributed by atoms with Gasteiger partial charge in [0.1, 0.15) is 0 Å². The van der Waals surface area contributed by atoms with E-state index in [4.69, 9.17) is 13.7 Å². The van der Waals surface area contributed by atoms with Gasteiger partial charge in [-0.3, -0.25) is 0 Å². The molecule has 0 radical (unpaired) electrons. The molecule has 0 bridgehead atoms. The second-order valence-corrected chi connectivity index (χ2v) is 19.6. The molecule has 0 aromatic heterocycles. The summed E-state index contributed by atoms with van der Waals surface area (Å²) in [6.45, 7) is 15.2. The van der Waals surface area contributed by atoms with Crippen molar-refractivity contribution in [2.45, 2.75) is 59.3 Å². The lowest BCUT2D eigenvalue weighted by Gasteiger charge is -2.45. The highest BCUT2D eigenvalue weighted by Gasteiger charge is 2.45. The number of benzene rings is 9. The molecule has 0 saturated heterocycles. The fourth-order valence-corrected chi connectivity index (χ4v) is 9.84. The van der Waals surface area contributed by atoms with Gasteiger partial charge in [0, 0.05) is 39.6 Å². The number of aryl methyl sites for hydroxylation is 1. The van der Waals surface area contributed by atoms with Gasteiger partial charge in [0.05, 0.1) is 19.4 Å². The summed E-state index contributed by atoms with van der Waals surface area (Å²) in [7, 11) is 0. The molecule has 9 aromatic rings. The summed E-state index contributed by atoms with van der Waals surface area (Å²) in [4.78, 5) is 4.60. The van der Waals surface area contributed by atoms with E-state index >= 15 is 0 Å². The number of hydrogen-bond acceptors (Lipinski definition) is 2. The van der Waals surface area contributed by atoms with E-state index in [1.54, 1.807) is 6.07 Å². The summed E-state index contributed by atoms with van der Waals surface area (Å²) < 4.78 is 87.6. The van der Waals surface area contributed by atoms with Crippen molar-refractivity contribution in [1.29, 1.82) is 0 Å². The van der Waals surface area contributed by atoms with Crippen LogP contribution in [0, 0.1) is 6.92 Å². The van der Waals surface area contributed by atoms with Gasteiger partial charge < -0.3 is 9.80 Å². The summed E-state index contributed by atoms with van der Waals surface area (Å²) in [6, 6.07) is 46.3. The summed E-state index contributed by atoms with van der Waals surface area (Å²) in [5, 5.41) is 0. The van der Waals surface area contributed by atoms with Crippen LogP contribution in [0.4, 0.5) is 34.1 Å². The number of fused-ring (bicyclic) bond motifs is 4. The Kier molecular flexibility index (Phi) is 7.62. The molecule has 0 amide bonds. The van der Waals surface area contributed by atoms with Gasteiger partial charge in [-0.15, -0.1) is 0 Å². The van der Waals surface area contributed by atoms with Crippen LogP contribution in [-0.2, 0) is 10.8 Å². The molecule has 9 aromatic carbocycles. The van der Waals surface area contributed by atoms with E-state index < -0.39 is 36.3 Å². The Hall–Kier alpha value is -7.36. The molecule has 0 spiro atoms. The minimum atomic E-state index is -0.476. The van der Waals surface area contributed by atoms with Gasteiger partial charge in [-0.05, 0) is 133 Å². The van der Waals surface area contributed by atoms with E-state index in [0.29, 0.717) is 22.5 Å². The first-order valence-corrected chi connectivity index (χ1v) is 22.6. The SMILES string of the molecule is [2H]c1c([2H])c([2H])c(-c2cccc(N3c4cc(-c5c([2H])c([2H])c([2H])c([2H])c5[2H])ccc4B4c5ccc(C(C)(C)C)cc5N(c5c(-c6ccccc6)cc(C(C)(C)C)cc5-c5ccccc5)c5cc(C)cc3c54)c2)c([2H])c1[2H]. The zero-order valence-electron chi connectivity index (χ0n) is 48.3. The van der Waals surface area contributed by atoms with Gasteiger partial charge in [-0.2, -0.15) is 0 Å². The fraction of sp³-hybridized carbons (Fsp3) is 0.143. The molecular formula is C63H55BN2. The minimum absolute atomic E-state index is 0.0671. The first-order chi connectivity index (χ1) is 36.1. The highest BCUT2D eigenvalue weighted by molar-refractivity contribution is 7.00. The van der Waals surface area contributed by atoms with Crippen molar-refractivity contribution in [3.8, 4) is 44.5 Å². The van der Waals surface area contributed by atoms with Crippen molar-refractivity contribution in [2.75, 3.05) is 9.80 Å². The maximum atomic E-state index is 9.10. The van der Waals surface area contributed by atoms with E-state index in [-0.39, 0.29) is 52.8 Å². The number of nitrogens with zero attached hydrogens (tertiary/aromatic N) is 2. The van der Waals surface area contributed by atoms with Crippen molar-refractivity contribution in [3.63, 3.8) is 0 Å². The molecule has 0 fully saturated rings. The lowest BCUT2D eigenvalue weighted by Crippen LogP contribution is -2.61. The molecule has 66 heavy (non-hydrogen) atoms. The normalized spacial score (nSPS) is 15.1. The molecule has 0 atom stereocenters. The van der Waals surface area contributed by atoms with Gasteiger partial charge in [-0.1, -0.05) is 199 Å². The van der Waals surface area contributed by atoms with Crippen molar-refractivity contribution in [1.82, 2.24) is 0 Å². The molecule has 0 aliphatic carbocycles. The molecule has 0 saturated carbocycles. The Labute approximate surface area is 406 Å². The Morgan fingerprint density at radius 1 is 0.409 bits per heavy atom. The molecular weight excluding hydrogens is 796 g/mol. The zero-order valence-corrected chi connectivity index (χ0v) is 38.3. The molecule has 11 rings (SSSR count). The molecule has 2 aliphatic heterocycles. The average Bonchev–Trinajstić information content (AvgIpc) is 3.44. The van der Waals surface area contributed by atoms with E-state index in [9.17, 15) is 0 Å². The maximum absolute atomic E-state index is 9.10. The third kappa shape index (κ3) is 7.15. The second-order valence-electron chi connectivity index (χ2n) is 19.6. The molecule has 0 N–H and O–H groups in total. The van der Waals surface area contributed by atoms with Crippen LogP contribution in [0.25, 0.3) is 44.5 Å². The Bertz CT molecular complexity index is 3760. The molecule has 2 aliphatic rings. The third-order valence-electron chi connectivity index (χ3n) is 13.1. The summed E-state index contributed by atoms with van der Waals surface area (Å²) >= 11 is 0. The van der Waals surface area contributed by atoms with Gasteiger partial charge in [0.25, 0.3) is 6.71 Å². The standard InChI is InChI=1S/C63H55BN2/c1-42-35-58-60-59(36-42)66(61-52(45-25-16-10-17-26-45)39-50(63(5,6)7)40-53(61)46-27-18-11-19-28-46)57-41-49(62(2,3)4)32-34-55(57)64(60)54-33-31-48(44-23-14-9-15-24-44)38-56(54)65(58)51-30-20-29-47(37-51)43-21-12-8-13-22-43/h8-41H,1-7H3/i8D,9D,12D,13D,14D,15D,21D,22D,23D,24D.